The molecule has 0 atom stereocenters. The van der Waals surface area contributed by atoms with E-state index in [1.54, 1.807) is 0 Å². The third kappa shape index (κ3) is 2.41. The van der Waals surface area contributed by atoms with Gasteiger partial charge in [0.15, 0.2) is 0 Å². The Bertz CT molecular complexity index is 543. The van der Waals surface area contributed by atoms with E-state index in [0.29, 0.717) is 0 Å². The average Bonchev–Trinajstić information content (AvgIpc) is 2.61. The number of primary amides is 1. The molecule has 17 heavy (non-hydrogen) atoms. The molecule has 1 aromatic heterocycles. The molecule has 0 bridgehead atoms. The van der Waals surface area contributed by atoms with Crippen molar-refractivity contribution in [2.24, 2.45) is 5.73 Å². The van der Waals surface area contributed by atoms with Gasteiger partial charge in [0.2, 0.25) is 5.91 Å². The Morgan fingerprint density at radius 3 is 2.82 bits per heavy atom. The summed E-state index contributed by atoms with van der Waals surface area (Å²) in [6, 6.07) is 7.73. The first-order chi connectivity index (χ1) is 8.08. The van der Waals surface area contributed by atoms with Crippen LogP contribution in [0.3, 0.4) is 0 Å². The highest BCUT2D eigenvalue weighted by atomic mass is 16.5. The van der Waals surface area contributed by atoms with Crippen LogP contribution in [0, 0.1) is 0 Å². The van der Waals surface area contributed by atoms with Gasteiger partial charge in [0.05, 0.1) is 11.6 Å². The van der Waals surface area contributed by atoms with Crippen LogP contribution in [-0.4, -0.2) is 16.6 Å². The molecule has 2 N–H and O–H groups in total. The van der Waals surface area contributed by atoms with E-state index in [1.807, 2.05) is 48.9 Å². The lowest BCUT2D eigenvalue weighted by Crippen LogP contribution is -2.17. The van der Waals surface area contributed by atoms with E-state index in [2.05, 4.69) is 0 Å². The minimum Gasteiger partial charge on any atom is -0.490 e. The van der Waals surface area contributed by atoms with Crippen molar-refractivity contribution < 1.29 is 9.53 Å². The number of fused-ring (bicyclic) bond motifs is 1. The van der Waals surface area contributed by atoms with Crippen LogP contribution in [0.5, 0.6) is 5.75 Å². The Morgan fingerprint density at radius 2 is 2.18 bits per heavy atom. The smallest absolute Gasteiger partial charge is 0.237 e. The van der Waals surface area contributed by atoms with Crippen molar-refractivity contribution in [3.05, 3.63) is 30.5 Å². The van der Waals surface area contributed by atoms with Gasteiger partial charge in [-0.2, -0.15) is 0 Å². The Morgan fingerprint density at radius 1 is 1.41 bits per heavy atom. The Hall–Kier alpha value is -1.97. The van der Waals surface area contributed by atoms with Crippen LogP contribution in [0.1, 0.15) is 13.8 Å². The molecule has 1 amide bonds. The molecule has 2 aromatic rings. The fourth-order valence-electron chi connectivity index (χ4n) is 1.86. The van der Waals surface area contributed by atoms with E-state index in [4.69, 9.17) is 10.5 Å². The topological polar surface area (TPSA) is 57.2 Å². The second-order valence-corrected chi connectivity index (χ2v) is 4.27. The van der Waals surface area contributed by atoms with E-state index in [9.17, 15) is 4.79 Å². The van der Waals surface area contributed by atoms with E-state index in [1.165, 1.54) is 0 Å². The number of carbonyl (C=O) groups excluding carboxylic acids is 1. The summed E-state index contributed by atoms with van der Waals surface area (Å²) in [4.78, 5) is 10.9. The van der Waals surface area contributed by atoms with Gasteiger partial charge in [0.1, 0.15) is 12.3 Å². The van der Waals surface area contributed by atoms with Gasteiger partial charge in [0, 0.05) is 11.6 Å². The minimum atomic E-state index is -0.349. The van der Waals surface area contributed by atoms with Gasteiger partial charge < -0.3 is 15.0 Å². The van der Waals surface area contributed by atoms with Crippen LogP contribution in [0.15, 0.2) is 30.5 Å². The van der Waals surface area contributed by atoms with Crippen LogP contribution in [0.4, 0.5) is 0 Å². The number of nitrogens with two attached hydrogens (primary N) is 1. The normalized spacial score (nSPS) is 11.0. The van der Waals surface area contributed by atoms with Gasteiger partial charge in [-0.25, -0.2) is 0 Å². The second kappa shape index (κ2) is 4.49. The summed E-state index contributed by atoms with van der Waals surface area (Å²) < 4.78 is 7.54. The molecule has 90 valence electrons. The molecular weight excluding hydrogens is 216 g/mol. The van der Waals surface area contributed by atoms with Crippen LogP contribution >= 0.6 is 0 Å². The molecule has 1 heterocycles. The molecule has 0 aliphatic rings. The lowest BCUT2D eigenvalue weighted by molar-refractivity contribution is -0.118. The maximum absolute atomic E-state index is 10.9. The maximum Gasteiger partial charge on any atom is 0.237 e. The zero-order chi connectivity index (χ0) is 12.4. The summed E-state index contributed by atoms with van der Waals surface area (Å²) in [5.41, 5.74) is 6.16. The Labute approximate surface area is 100.0 Å². The van der Waals surface area contributed by atoms with Crippen molar-refractivity contribution in [3.63, 3.8) is 0 Å². The van der Waals surface area contributed by atoms with Crippen molar-refractivity contribution >= 4 is 16.8 Å². The first-order valence-corrected chi connectivity index (χ1v) is 5.60. The average molecular weight is 232 g/mol. The van der Waals surface area contributed by atoms with Crippen molar-refractivity contribution in [3.8, 4) is 5.75 Å². The van der Waals surface area contributed by atoms with Crippen molar-refractivity contribution in [2.75, 3.05) is 0 Å². The number of nitrogens with zero attached hydrogens (tertiary/aromatic N) is 1. The molecule has 0 fully saturated rings. The van der Waals surface area contributed by atoms with Gasteiger partial charge >= 0.3 is 0 Å². The molecule has 0 radical (unpaired) electrons. The van der Waals surface area contributed by atoms with Crippen molar-refractivity contribution in [2.45, 2.75) is 26.5 Å². The number of amides is 1. The zero-order valence-electron chi connectivity index (χ0n) is 10.0. The van der Waals surface area contributed by atoms with E-state index < -0.39 is 0 Å². The molecule has 0 saturated carbocycles. The fraction of sp³-hybridized carbons (Fsp3) is 0.308. The molecule has 4 heteroatoms. The molecule has 4 nitrogen and oxygen atoms in total. The minimum absolute atomic E-state index is 0.125. The quantitative estimate of drug-likeness (QED) is 0.875. The summed E-state index contributed by atoms with van der Waals surface area (Å²) in [5, 5.41) is 1.00. The van der Waals surface area contributed by atoms with Gasteiger partial charge in [-0.05, 0) is 32.0 Å². The highest BCUT2D eigenvalue weighted by Crippen LogP contribution is 2.27. The number of hydrogen-bond donors (Lipinski definition) is 1. The number of ether oxygens (including phenoxy) is 1. The molecule has 0 aliphatic carbocycles. The summed E-state index contributed by atoms with van der Waals surface area (Å²) in [6.07, 6.45) is 1.97. The lowest BCUT2D eigenvalue weighted by atomic mass is 10.2. The zero-order valence-corrected chi connectivity index (χ0v) is 10.0. The fourth-order valence-corrected chi connectivity index (χ4v) is 1.86. The molecule has 0 unspecified atom stereocenters. The molecular formula is C13H16N2O2. The Balaban J connectivity index is 2.45. The number of aromatic nitrogens is 1. The third-order valence-corrected chi connectivity index (χ3v) is 2.46. The summed E-state index contributed by atoms with van der Waals surface area (Å²) in [5.74, 6) is 0.485. The Kier molecular flexibility index (Phi) is 3.04. The molecule has 1 aromatic carbocycles. The second-order valence-electron chi connectivity index (χ2n) is 4.27. The molecule has 0 spiro atoms. The first-order valence-electron chi connectivity index (χ1n) is 5.60. The summed E-state index contributed by atoms with van der Waals surface area (Å²) in [7, 11) is 0. The third-order valence-electron chi connectivity index (χ3n) is 2.46. The molecule has 0 saturated heterocycles. The predicted molar refractivity (Wildman–Crippen MR) is 66.9 cm³/mol. The number of hydrogen-bond acceptors (Lipinski definition) is 2. The van der Waals surface area contributed by atoms with E-state index in [0.717, 1.165) is 16.7 Å². The van der Waals surface area contributed by atoms with Crippen molar-refractivity contribution in [1.29, 1.82) is 0 Å². The van der Waals surface area contributed by atoms with E-state index in [-0.39, 0.29) is 18.6 Å². The van der Waals surface area contributed by atoms with Gasteiger partial charge in [0.25, 0.3) is 0 Å². The number of carbonyl (C=O) groups is 1. The predicted octanol–water partition coefficient (Wildman–Crippen LogP) is 1.91. The highest BCUT2D eigenvalue weighted by molar-refractivity contribution is 5.87. The molecule has 2 rings (SSSR count). The number of benzene rings is 1. The van der Waals surface area contributed by atoms with Crippen LogP contribution in [0.2, 0.25) is 0 Å². The van der Waals surface area contributed by atoms with Gasteiger partial charge in [-0.3, -0.25) is 4.79 Å². The van der Waals surface area contributed by atoms with Gasteiger partial charge in [-0.15, -0.1) is 0 Å². The largest absolute Gasteiger partial charge is 0.490 e. The van der Waals surface area contributed by atoms with Crippen LogP contribution in [-0.2, 0) is 11.3 Å². The van der Waals surface area contributed by atoms with Gasteiger partial charge in [-0.1, -0.05) is 6.07 Å². The molecule has 0 aliphatic heterocycles. The summed E-state index contributed by atoms with van der Waals surface area (Å²) >= 11 is 0. The lowest BCUT2D eigenvalue weighted by Gasteiger charge is -2.11. The van der Waals surface area contributed by atoms with Crippen molar-refractivity contribution in [1.82, 2.24) is 4.57 Å². The van der Waals surface area contributed by atoms with E-state index >= 15 is 0 Å². The van der Waals surface area contributed by atoms with Crippen LogP contribution < -0.4 is 10.5 Å². The maximum atomic E-state index is 10.9. The summed E-state index contributed by atoms with van der Waals surface area (Å²) in [6.45, 7) is 4.16. The standard InChI is InChI=1S/C13H16N2O2/c1-9(2)17-12-5-3-4-11-10(12)6-7-15(11)8-13(14)16/h3-7,9H,8H2,1-2H3,(H2,14,16). The SMILES string of the molecule is CC(C)Oc1cccc2c1ccn2CC(N)=O. The first kappa shape index (κ1) is 11.5. The highest BCUT2D eigenvalue weighted by Gasteiger charge is 2.08. The monoisotopic (exact) mass is 232 g/mol. The number of rotatable bonds is 4. The van der Waals surface area contributed by atoms with Crippen LogP contribution in [0.25, 0.3) is 10.9 Å².